The van der Waals surface area contributed by atoms with Gasteiger partial charge in [0.2, 0.25) is 0 Å². The van der Waals surface area contributed by atoms with Gasteiger partial charge in [-0.05, 0) is 42.2 Å². The van der Waals surface area contributed by atoms with Crippen molar-refractivity contribution in [1.29, 1.82) is 0 Å². The van der Waals surface area contributed by atoms with E-state index in [0.717, 1.165) is 31.0 Å². The Labute approximate surface area is 123 Å². The summed E-state index contributed by atoms with van der Waals surface area (Å²) < 4.78 is 26.3. The largest absolute Gasteiger partial charge is 0.381 e. The SMILES string of the molecule is CN1CCCc2cc(CNc3cc(F)cc(F)c3)ccc21. The third-order valence-corrected chi connectivity index (χ3v) is 3.85. The molecule has 0 radical (unpaired) electrons. The maximum atomic E-state index is 13.1. The summed E-state index contributed by atoms with van der Waals surface area (Å²) in [5.41, 5.74) is 4.20. The van der Waals surface area contributed by atoms with Crippen LogP contribution < -0.4 is 10.2 Å². The highest BCUT2D eigenvalue weighted by Crippen LogP contribution is 2.27. The Morgan fingerprint density at radius 2 is 1.86 bits per heavy atom. The van der Waals surface area contributed by atoms with Crippen LogP contribution in [0.1, 0.15) is 17.5 Å². The van der Waals surface area contributed by atoms with Gasteiger partial charge in [-0.15, -0.1) is 0 Å². The lowest BCUT2D eigenvalue weighted by molar-refractivity contribution is 0.584. The van der Waals surface area contributed by atoms with Gasteiger partial charge < -0.3 is 10.2 Å². The van der Waals surface area contributed by atoms with E-state index < -0.39 is 11.6 Å². The Morgan fingerprint density at radius 1 is 1.10 bits per heavy atom. The van der Waals surface area contributed by atoms with E-state index in [1.54, 1.807) is 0 Å². The zero-order chi connectivity index (χ0) is 14.8. The van der Waals surface area contributed by atoms with Crippen LogP contribution in [0.25, 0.3) is 0 Å². The summed E-state index contributed by atoms with van der Waals surface area (Å²) in [7, 11) is 2.10. The molecule has 3 rings (SSSR count). The van der Waals surface area contributed by atoms with Crippen LogP contribution in [0.4, 0.5) is 20.2 Å². The summed E-state index contributed by atoms with van der Waals surface area (Å²) in [6.07, 6.45) is 2.25. The first-order chi connectivity index (χ1) is 10.1. The van der Waals surface area contributed by atoms with Gasteiger partial charge in [-0.25, -0.2) is 8.78 Å². The molecular weight excluding hydrogens is 270 g/mol. The topological polar surface area (TPSA) is 15.3 Å². The molecule has 1 heterocycles. The van der Waals surface area contributed by atoms with E-state index in [4.69, 9.17) is 0 Å². The fraction of sp³-hybridized carbons (Fsp3) is 0.294. The summed E-state index contributed by atoms with van der Waals surface area (Å²) in [6, 6.07) is 9.83. The van der Waals surface area contributed by atoms with Crippen molar-refractivity contribution < 1.29 is 8.78 Å². The number of halogens is 2. The average Bonchev–Trinajstić information content (AvgIpc) is 2.44. The maximum absolute atomic E-state index is 13.1. The van der Waals surface area contributed by atoms with Crippen LogP contribution in [-0.4, -0.2) is 13.6 Å². The Kier molecular flexibility index (Phi) is 3.78. The Bertz CT molecular complexity index is 635. The lowest BCUT2D eigenvalue weighted by Gasteiger charge is -2.27. The summed E-state index contributed by atoms with van der Waals surface area (Å²) in [6.45, 7) is 1.65. The molecule has 0 aliphatic carbocycles. The molecule has 0 unspecified atom stereocenters. The monoisotopic (exact) mass is 288 g/mol. The number of aryl methyl sites for hydroxylation is 1. The van der Waals surface area contributed by atoms with Crippen LogP contribution >= 0.6 is 0 Å². The second-order valence-electron chi connectivity index (χ2n) is 5.50. The molecule has 1 aliphatic heterocycles. The highest BCUT2D eigenvalue weighted by Gasteiger charge is 2.13. The van der Waals surface area contributed by atoms with E-state index in [2.05, 4.69) is 35.5 Å². The number of nitrogens with zero attached hydrogens (tertiary/aromatic N) is 1. The lowest BCUT2D eigenvalue weighted by Crippen LogP contribution is -2.24. The van der Waals surface area contributed by atoms with Crippen LogP contribution in [0, 0.1) is 11.6 Å². The minimum absolute atomic E-state index is 0.460. The molecule has 0 fully saturated rings. The standard InChI is InChI=1S/C17H18F2N2/c1-21-6-2-3-13-7-12(4-5-17(13)21)11-20-16-9-14(18)8-15(19)10-16/h4-5,7-10,20H,2-3,6,11H2,1H3. The molecule has 0 spiro atoms. The second kappa shape index (κ2) is 5.72. The van der Waals surface area contributed by atoms with Crippen molar-refractivity contribution in [3.05, 3.63) is 59.2 Å². The van der Waals surface area contributed by atoms with Gasteiger partial charge in [-0.1, -0.05) is 12.1 Å². The molecule has 0 atom stereocenters. The van der Waals surface area contributed by atoms with Gasteiger partial charge in [0.15, 0.2) is 0 Å². The van der Waals surface area contributed by atoms with Gasteiger partial charge in [0.05, 0.1) is 0 Å². The first-order valence-electron chi connectivity index (χ1n) is 7.15. The number of hydrogen-bond acceptors (Lipinski definition) is 2. The molecule has 0 saturated carbocycles. The van der Waals surface area contributed by atoms with Gasteiger partial charge in [0, 0.05) is 37.6 Å². The molecule has 110 valence electrons. The molecule has 2 aromatic rings. The molecule has 4 heteroatoms. The number of fused-ring (bicyclic) bond motifs is 1. The van der Waals surface area contributed by atoms with Crippen molar-refractivity contribution >= 4 is 11.4 Å². The third kappa shape index (κ3) is 3.15. The molecule has 1 aliphatic rings. The molecule has 2 aromatic carbocycles. The molecular formula is C17H18F2N2. The maximum Gasteiger partial charge on any atom is 0.128 e. The second-order valence-corrected chi connectivity index (χ2v) is 5.50. The molecule has 0 bridgehead atoms. The van der Waals surface area contributed by atoms with Crippen molar-refractivity contribution in [2.24, 2.45) is 0 Å². The first-order valence-corrected chi connectivity index (χ1v) is 7.15. The molecule has 21 heavy (non-hydrogen) atoms. The number of rotatable bonds is 3. The summed E-state index contributed by atoms with van der Waals surface area (Å²) in [5.74, 6) is -1.13. The van der Waals surface area contributed by atoms with E-state index in [0.29, 0.717) is 12.2 Å². The predicted octanol–water partition coefficient (Wildman–Crippen LogP) is 3.96. The normalized spacial score (nSPS) is 14.0. The van der Waals surface area contributed by atoms with Gasteiger partial charge in [-0.3, -0.25) is 0 Å². The summed E-state index contributed by atoms with van der Waals surface area (Å²) >= 11 is 0. The lowest BCUT2D eigenvalue weighted by atomic mass is 9.99. The van der Waals surface area contributed by atoms with E-state index in [1.165, 1.54) is 23.4 Å². The summed E-state index contributed by atoms with van der Waals surface area (Å²) in [4.78, 5) is 2.26. The zero-order valence-corrected chi connectivity index (χ0v) is 12.0. The highest BCUT2D eigenvalue weighted by atomic mass is 19.1. The minimum atomic E-state index is -0.565. The van der Waals surface area contributed by atoms with Crippen LogP contribution in [0.2, 0.25) is 0 Å². The number of anilines is 2. The van der Waals surface area contributed by atoms with E-state index in [9.17, 15) is 8.78 Å². The van der Waals surface area contributed by atoms with Crippen molar-refractivity contribution in [2.45, 2.75) is 19.4 Å². The fourth-order valence-electron chi connectivity index (χ4n) is 2.81. The third-order valence-electron chi connectivity index (χ3n) is 3.85. The van der Waals surface area contributed by atoms with Gasteiger partial charge in [0.25, 0.3) is 0 Å². The van der Waals surface area contributed by atoms with Gasteiger partial charge in [0.1, 0.15) is 11.6 Å². The average molecular weight is 288 g/mol. The number of benzene rings is 2. The minimum Gasteiger partial charge on any atom is -0.381 e. The van der Waals surface area contributed by atoms with Crippen LogP contribution in [0.5, 0.6) is 0 Å². The number of hydrogen-bond donors (Lipinski definition) is 1. The quantitative estimate of drug-likeness (QED) is 0.919. The Morgan fingerprint density at radius 3 is 2.62 bits per heavy atom. The molecule has 1 N–H and O–H groups in total. The molecule has 2 nitrogen and oxygen atoms in total. The van der Waals surface area contributed by atoms with E-state index >= 15 is 0 Å². The molecule has 0 amide bonds. The van der Waals surface area contributed by atoms with Crippen LogP contribution in [-0.2, 0) is 13.0 Å². The van der Waals surface area contributed by atoms with Crippen LogP contribution in [0.3, 0.4) is 0 Å². The van der Waals surface area contributed by atoms with Crippen molar-refractivity contribution in [1.82, 2.24) is 0 Å². The van der Waals surface area contributed by atoms with Crippen molar-refractivity contribution in [2.75, 3.05) is 23.8 Å². The van der Waals surface area contributed by atoms with Gasteiger partial charge >= 0.3 is 0 Å². The molecule has 0 aromatic heterocycles. The Balaban J connectivity index is 1.73. The zero-order valence-electron chi connectivity index (χ0n) is 12.0. The van der Waals surface area contributed by atoms with Gasteiger partial charge in [-0.2, -0.15) is 0 Å². The van der Waals surface area contributed by atoms with Crippen molar-refractivity contribution in [3.63, 3.8) is 0 Å². The fourth-order valence-corrected chi connectivity index (χ4v) is 2.81. The highest BCUT2D eigenvalue weighted by molar-refractivity contribution is 5.56. The van der Waals surface area contributed by atoms with Crippen molar-refractivity contribution in [3.8, 4) is 0 Å². The molecule has 0 saturated heterocycles. The summed E-state index contributed by atoms with van der Waals surface area (Å²) in [5, 5.41) is 3.07. The van der Waals surface area contributed by atoms with E-state index in [-0.39, 0.29) is 0 Å². The smallest absolute Gasteiger partial charge is 0.128 e. The first kappa shape index (κ1) is 13.9. The van der Waals surface area contributed by atoms with Crippen LogP contribution in [0.15, 0.2) is 36.4 Å². The Hall–Kier alpha value is -2.10. The van der Waals surface area contributed by atoms with E-state index in [1.807, 2.05) is 0 Å². The number of nitrogens with one attached hydrogen (secondary N) is 1. The predicted molar refractivity (Wildman–Crippen MR) is 81.7 cm³/mol.